The van der Waals surface area contributed by atoms with Gasteiger partial charge in [0, 0.05) is 10.8 Å². The lowest BCUT2D eigenvalue weighted by molar-refractivity contribution is 0.301. The first-order valence-corrected chi connectivity index (χ1v) is 9.88. The van der Waals surface area contributed by atoms with Crippen molar-refractivity contribution in [3.63, 3.8) is 0 Å². The lowest BCUT2D eigenvalue weighted by Crippen LogP contribution is -2.27. The highest BCUT2D eigenvalue weighted by Gasteiger charge is 2.29. The van der Waals surface area contributed by atoms with Crippen LogP contribution in [0.4, 0.5) is 0 Å². The summed E-state index contributed by atoms with van der Waals surface area (Å²) in [5.74, 6) is 0. The molecule has 0 atom stereocenters. The molecule has 0 radical (unpaired) electrons. The van der Waals surface area contributed by atoms with Gasteiger partial charge in [-0.1, -0.05) is 112 Å². The van der Waals surface area contributed by atoms with Crippen LogP contribution in [0.1, 0.15) is 64.5 Å². The number of hydrogen-bond acceptors (Lipinski definition) is 4. The van der Waals surface area contributed by atoms with Crippen molar-refractivity contribution in [3.8, 4) is 0 Å². The lowest BCUT2D eigenvalue weighted by Gasteiger charge is -2.28. The first-order chi connectivity index (χ1) is 13.3. The van der Waals surface area contributed by atoms with Crippen LogP contribution in [0.3, 0.4) is 0 Å². The van der Waals surface area contributed by atoms with Gasteiger partial charge in [0.15, 0.2) is 0 Å². The Kier molecular flexibility index (Phi) is 7.38. The van der Waals surface area contributed by atoms with Crippen molar-refractivity contribution in [2.75, 3.05) is 0 Å². The smallest absolute Gasteiger partial charge is 0.0923 e. The fraction of sp³-hybridized carbons (Fsp3) is 0.417. The molecule has 0 aliphatic carbocycles. The molecular weight excluding hydrogens is 348 g/mol. The van der Waals surface area contributed by atoms with E-state index in [2.05, 4.69) is 38.0 Å². The van der Waals surface area contributed by atoms with Gasteiger partial charge in [-0.15, -0.1) is 0 Å². The largest absolute Gasteiger partial charge is 0.411 e. The van der Waals surface area contributed by atoms with Crippen LogP contribution >= 0.6 is 0 Å². The number of oxime groups is 2. The van der Waals surface area contributed by atoms with Crippen LogP contribution in [-0.2, 0) is 0 Å². The second kappa shape index (κ2) is 9.54. The van der Waals surface area contributed by atoms with Crippen molar-refractivity contribution in [2.24, 2.45) is 21.1 Å². The van der Waals surface area contributed by atoms with E-state index in [0.29, 0.717) is 11.4 Å². The van der Waals surface area contributed by atoms with E-state index < -0.39 is 0 Å². The van der Waals surface area contributed by atoms with Crippen LogP contribution < -0.4 is 0 Å². The molecule has 0 aromatic heterocycles. The molecular formula is C24H32N2O2. The highest BCUT2D eigenvalue weighted by molar-refractivity contribution is 6.04. The number of rotatable bonds is 9. The Labute approximate surface area is 168 Å². The molecule has 0 saturated heterocycles. The highest BCUT2D eigenvalue weighted by Crippen LogP contribution is 2.33. The van der Waals surface area contributed by atoms with Crippen molar-refractivity contribution < 1.29 is 10.4 Å². The molecule has 0 bridgehead atoms. The molecule has 150 valence electrons. The average molecular weight is 381 g/mol. The zero-order chi connectivity index (χ0) is 20.6. The molecule has 0 aliphatic rings. The Balaban J connectivity index is 1.97. The predicted molar refractivity (Wildman–Crippen MR) is 116 cm³/mol. The Bertz CT molecular complexity index is 724. The molecule has 0 amide bonds. The van der Waals surface area contributed by atoms with Crippen LogP contribution in [0.2, 0.25) is 0 Å². The Hall–Kier alpha value is -2.62. The molecule has 2 aromatic rings. The van der Waals surface area contributed by atoms with Crippen molar-refractivity contribution in [3.05, 3.63) is 71.8 Å². The van der Waals surface area contributed by atoms with Crippen LogP contribution in [0, 0.1) is 10.8 Å². The predicted octanol–water partition coefficient (Wildman–Crippen LogP) is 6.36. The molecule has 0 spiro atoms. The molecule has 0 saturated carbocycles. The maximum absolute atomic E-state index is 9.58. The van der Waals surface area contributed by atoms with Gasteiger partial charge in [0.25, 0.3) is 0 Å². The van der Waals surface area contributed by atoms with Crippen molar-refractivity contribution in [1.29, 1.82) is 0 Å². The minimum absolute atomic E-state index is 0.229. The van der Waals surface area contributed by atoms with Crippen LogP contribution in [0.15, 0.2) is 71.0 Å². The standard InChI is InChI=1S/C24H32N2O2/c1-23(2,21(25-27)19-13-7-5-8-14-19)17-11-12-18-24(3,4)22(26-28)20-15-9-6-10-16-20/h5-10,13-16,27-28H,11-12,17-18H2,1-4H3/b25-21+,26-22+. The number of nitrogens with zero attached hydrogens (tertiary/aromatic N) is 2. The number of benzene rings is 2. The molecule has 4 heteroatoms. The Morgan fingerprint density at radius 3 is 1.25 bits per heavy atom. The van der Waals surface area contributed by atoms with E-state index in [9.17, 15) is 10.4 Å². The minimum Gasteiger partial charge on any atom is -0.411 e. The van der Waals surface area contributed by atoms with Crippen molar-refractivity contribution in [1.82, 2.24) is 0 Å². The van der Waals surface area contributed by atoms with Gasteiger partial charge in [-0.25, -0.2) is 0 Å². The number of unbranched alkanes of at least 4 members (excludes halogenated alkanes) is 1. The van der Waals surface area contributed by atoms with Gasteiger partial charge in [-0.2, -0.15) is 0 Å². The summed E-state index contributed by atoms with van der Waals surface area (Å²) >= 11 is 0. The van der Waals surface area contributed by atoms with Crippen LogP contribution in [0.25, 0.3) is 0 Å². The van der Waals surface area contributed by atoms with Gasteiger partial charge in [0.05, 0.1) is 11.4 Å². The van der Waals surface area contributed by atoms with Gasteiger partial charge in [0.2, 0.25) is 0 Å². The van der Waals surface area contributed by atoms with Gasteiger partial charge < -0.3 is 10.4 Å². The monoisotopic (exact) mass is 380 g/mol. The van der Waals surface area contributed by atoms with E-state index in [1.807, 2.05) is 60.7 Å². The zero-order valence-corrected chi connectivity index (χ0v) is 17.4. The van der Waals surface area contributed by atoms with E-state index in [0.717, 1.165) is 36.8 Å². The third kappa shape index (κ3) is 5.44. The van der Waals surface area contributed by atoms with E-state index in [-0.39, 0.29) is 10.8 Å². The molecule has 2 aromatic carbocycles. The molecule has 0 heterocycles. The summed E-state index contributed by atoms with van der Waals surface area (Å²) in [6, 6.07) is 19.6. The third-order valence-corrected chi connectivity index (χ3v) is 5.43. The van der Waals surface area contributed by atoms with Gasteiger partial charge in [0.1, 0.15) is 0 Å². The van der Waals surface area contributed by atoms with Crippen LogP contribution in [0.5, 0.6) is 0 Å². The van der Waals surface area contributed by atoms with Crippen molar-refractivity contribution in [2.45, 2.75) is 53.4 Å². The Morgan fingerprint density at radius 1 is 0.643 bits per heavy atom. The second-order valence-corrected chi connectivity index (χ2v) is 8.60. The fourth-order valence-corrected chi connectivity index (χ4v) is 3.73. The van der Waals surface area contributed by atoms with Gasteiger partial charge in [-0.3, -0.25) is 0 Å². The maximum Gasteiger partial charge on any atom is 0.0923 e. The number of hydrogen-bond donors (Lipinski definition) is 2. The normalized spacial score (nSPS) is 13.6. The molecule has 2 N–H and O–H groups in total. The summed E-state index contributed by atoms with van der Waals surface area (Å²) in [7, 11) is 0. The zero-order valence-electron chi connectivity index (χ0n) is 17.4. The summed E-state index contributed by atoms with van der Waals surface area (Å²) in [6.45, 7) is 8.46. The van der Waals surface area contributed by atoms with Crippen molar-refractivity contribution >= 4 is 11.4 Å². The van der Waals surface area contributed by atoms with E-state index in [4.69, 9.17) is 0 Å². The summed E-state index contributed by atoms with van der Waals surface area (Å²) in [4.78, 5) is 0. The van der Waals surface area contributed by atoms with E-state index in [1.165, 1.54) is 0 Å². The average Bonchev–Trinajstić information content (AvgIpc) is 2.68. The first kappa shape index (κ1) is 21.7. The van der Waals surface area contributed by atoms with E-state index >= 15 is 0 Å². The highest BCUT2D eigenvalue weighted by atomic mass is 16.4. The SMILES string of the molecule is CC(C)(CCCCC(C)(C)/C(=N/O)c1ccccc1)/C(=N/O)c1ccccc1. The Morgan fingerprint density at radius 2 is 0.964 bits per heavy atom. The summed E-state index contributed by atoms with van der Waals surface area (Å²) in [6.07, 6.45) is 3.81. The lowest BCUT2D eigenvalue weighted by atomic mass is 9.76. The first-order valence-electron chi connectivity index (χ1n) is 9.88. The van der Waals surface area contributed by atoms with E-state index in [1.54, 1.807) is 0 Å². The maximum atomic E-state index is 9.58. The topological polar surface area (TPSA) is 65.2 Å². The summed E-state index contributed by atoms with van der Waals surface area (Å²) in [5.41, 5.74) is 2.88. The minimum atomic E-state index is -0.229. The van der Waals surface area contributed by atoms with Crippen LogP contribution in [-0.4, -0.2) is 21.8 Å². The molecule has 0 fully saturated rings. The summed E-state index contributed by atoms with van der Waals surface area (Å²) < 4.78 is 0. The summed E-state index contributed by atoms with van der Waals surface area (Å²) in [5, 5.41) is 26.4. The van der Waals surface area contributed by atoms with Gasteiger partial charge in [-0.05, 0) is 24.0 Å². The molecule has 4 nitrogen and oxygen atoms in total. The molecule has 2 rings (SSSR count). The quantitative estimate of drug-likeness (QED) is 0.230. The second-order valence-electron chi connectivity index (χ2n) is 8.60. The molecule has 0 aliphatic heterocycles. The third-order valence-electron chi connectivity index (χ3n) is 5.43. The molecule has 28 heavy (non-hydrogen) atoms. The molecule has 0 unspecified atom stereocenters. The fourth-order valence-electron chi connectivity index (χ4n) is 3.73. The van der Waals surface area contributed by atoms with Gasteiger partial charge >= 0.3 is 0 Å².